The van der Waals surface area contributed by atoms with Gasteiger partial charge in [-0.1, -0.05) is 11.6 Å². The van der Waals surface area contributed by atoms with Crippen molar-refractivity contribution in [2.24, 2.45) is 0 Å². The second-order valence-electron chi connectivity index (χ2n) is 4.90. The number of hydrogen-bond donors (Lipinski definition) is 1. The summed E-state index contributed by atoms with van der Waals surface area (Å²) in [6.07, 6.45) is 1.22. The van der Waals surface area contributed by atoms with E-state index in [1.54, 1.807) is 12.3 Å². The molecule has 1 aromatic rings. The summed E-state index contributed by atoms with van der Waals surface area (Å²) in [6.45, 7) is 7.34. The Morgan fingerprint density at radius 3 is 2.67 bits per heavy atom. The van der Waals surface area contributed by atoms with Crippen molar-refractivity contribution in [3.05, 3.63) is 26.5 Å². The van der Waals surface area contributed by atoms with Crippen LogP contribution in [0, 0.1) is 3.57 Å². The van der Waals surface area contributed by atoms with Crippen LogP contribution < -0.4 is 5.32 Å². The van der Waals surface area contributed by atoms with E-state index < -0.39 is 11.7 Å². The van der Waals surface area contributed by atoms with E-state index in [1.807, 2.05) is 27.7 Å². The number of carbonyl (C=O) groups is 1. The molecular formula is C12H16ClIN2O2. The number of amides is 1. The molecule has 6 heteroatoms. The van der Waals surface area contributed by atoms with Crippen molar-refractivity contribution in [3.63, 3.8) is 0 Å². The van der Waals surface area contributed by atoms with Crippen LogP contribution in [-0.2, 0) is 4.74 Å². The highest BCUT2D eigenvalue weighted by Gasteiger charge is 2.19. The largest absolute Gasteiger partial charge is 0.444 e. The molecule has 0 aromatic carbocycles. The van der Waals surface area contributed by atoms with Crippen molar-refractivity contribution in [2.75, 3.05) is 0 Å². The zero-order chi connectivity index (χ0) is 13.9. The van der Waals surface area contributed by atoms with Crippen molar-refractivity contribution >= 4 is 40.3 Å². The van der Waals surface area contributed by atoms with Gasteiger partial charge in [0, 0.05) is 15.3 Å². The minimum Gasteiger partial charge on any atom is -0.444 e. The van der Waals surface area contributed by atoms with Crippen LogP contribution in [0.3, 0.4) is 0 Å². The van der Waals surface area contributed by atoms with Gasteiger partial charge in [-0.15, -0.1) is 0 Å². The monoisotopic (exact) mass is 382 g/mol. The zero-order valence-electron chi connectivity index (χ0n) is 10.8. The first-order valence-corrected chi connectivity index (χ1v) is 6.95. The Hall–Kier alpha value is -0.560. The topological polar surface area (TPSA) is 51.2 Å². The van der Waals surface area contributed by atoms with Crippen LogP contribution in [0.5, 0.6) is 0 Å². The molecule has 1 atom stereocenters. The highest BCUT2D eigenvalue weighted by atomic mass is 127. The maximum Gasteiger partial charge on any atom is 0.408 e. The SMILES string of the molecule is CC(NC(=O)OC(C)(C)C)c1cnc(Cl)cc1I. The summed E-state index contributed by atoms with van der Waals surface area (Å²) in [4.78, 5) is 15.6. The van der Waals surface area contributed by atoms with E-state index >= 15 is 0 Å². The number of hydrogen-bond acceptors (Lipinski definition) is 3. The molecule has 100 valence electrons. The Bertz CT molecular complexity index is 446. The summed E-state index contributed by atoms with van der Waals surface area (Å²) in [5, 5.41) is 3.20. The van der Waals surface area contributed by atoms with Gasteiger partial charge in [-0.25, -0.2) is 9.78 Å². The summed E-state index contributed by atoms with van der Waals surface area (Å²) in [5.41, 5.74) is 0.403. The fourth-order valence-corrected chi connectivity index (χ4v) is 2.54. The third-order valence-electron chi connectivity index (χ3n) is 2.05. The molecule has 0 saturated carbocycles. The molecule has 1 N–H and O–H groups in total. The van der Waals surface area contributed by atoms with Crippen molar-refractivity contribution < 1.29 is 9.53 Å². The van der Waals surface area contributed by atoms with E-state index in [4.69, 9.17) is 16.3 Å². The molecule has 0 radical (unpaired) electrons. The molecule has 4 nitrogen and oxygen atoms in total. The predicted molar refractivity (Wildman–Crippen MR) is 79.7 cm³/mol. The normalized spacial score (nSPS) is 13.0. The van der Waals surface area contributed by atoms with Crippen molar-refractivity contribution in [1.82, 2.24) is 10.3 Å². The van der Waals surface area contributed by atoms with E-state index in [2.05, 4.69) is 32.9 Å². The standard InChI is InChI=1S/C12H16ClIN2O2/c1-7(16-11(17)18-12(2,3)4)8-6-15-10(13)5-9(8)14/h5-7H,1-4H3,(H,16,17). The smallest absolute Gasteiger partial charge is 0.408 e. The number of nitrogens with zero attached hydrogens (tertiary/aromatic N) is 1. The molecular weight excluding hydrogens is 367 g/mol. The minimum absolute atomic E-state index is 0.184. The van der Waals surface area contributed by atoms with Crippen molar-refractivity contribution in [2.45, 2.75) is 39.3 Å². The van der Waals surface area contributed by atoms with E-state index in [1.165, 1.54) is 0 Å². The van der Waals surface area contributed by atoms with Crippen LogP contribution in [0.15, 0.2) is 12.3 Å². The maximum atomic E-state index is 11.6. The molecule has 0 aliphatic heterocycles. The number of ether oxygens (including phenoxy) is 1. The van der Waals surface area contributed by atoms with Gasteiger partial charge >= 0.3 is 6.09 Å². The maximum absolute atomic E-state index is 11.6. The minimum atomic E-state index is -0.505. The predicted octanol–water partition coefficient (Wildman–Crippen LogP) is 3.93. The van der Waals surface area contributed by atoms with E-state index in [-0.39, 0.29) is 6.04 Å². The Balaban J connectivity index is 2.71. The fourth-order valence-electron chi connectivity index (χ4n) is 1.30. The Labute approximate surface area is 126 Å². The van der Waals surface area contributed by atoms with Crippen molar-refractivity contribution in [3.8, 4) is 0 Å². The molecule has 0 aliphatic rings. The molecule has 1 heterocycles. The van der Waals surface area contributed by atoms with Crippen LogP contribution >= 0.6 is 34.2 Å². The van der Waals surface area contributed by atoms with Crippen LogP contribution in [0.2, 0.25) is 5.15 Å². The first-order valence-electron chi connectivity index (χ1n) is 5.49. The van der Waals surface area contributed by atoms with Crippen LogP contribution in [0.1, 0.15) is 39.3 Å². The van der Waals surface area contributed by atoms with Gasteiger partial charge in [-0.05, 0) is 56.4 Å². The molecule has 1 aromatic heterocycles. The van der Waals surface area contributed by atoms with Crippen molar-refractivity contribution in [1.29, 1.82) is 0 Å². The zero-order valence-corrected chi connectivity index (χ0v) is 13.7. The number of rotatable bonds is 2. The van der Waals surface area contributed by atoms with Gasteiger partial charge in [0.05, 0.1) is 6.04 Å². The average Bonchev–Trinajstić information content (AvgIpc) is 2.13. The van der Waals surface area contributed by atoms with Crippen LogP contribution in [0.25, 0.3) is 0 Å². The molecule has 1 amide bonds. The van der Waals surface area contributed by atoms with E-state index in [0.29, 0.717) is 5.15 Å². The van der Waals surface area contributed by atoms with Gasteiger partial charge in [-0.3, -0.25) is 0 Å². The molecule has 0 aliphatic carbocycles. The lowest BCUT2D eigenvalue weighted by Crippen LogP contribution is -2.34. The molecule has 18 heavy (non-hydrogen) atoms. The number of halogens is 2. The molecule has 1 rings (SSSR count). The second kappa shape index (κ2) is 6.06. The Morgan fingerprint density at radius 1 is 1.56 bits per heavy atom. The summed E-state index contributed by atoms with van der Waals surface area (Å²) >= 11 is 7.95. The Kier molecular flexibility index (Phi) is 5.21. The fraction of sp³-hybridized carbons (Fsp3) is 0.500. The lowest BCUT2D eigenvalue weighted by Gasteiger charge is -2.22. The quantitative estimate of drug-likeness (QED) is 0.623. The molecule has 1 unspecified atom stereocenters. The molecule has 0 bridgehead atoms. The van der Waals surface area contributed by atoms with Gasteiger partial charge in [-0.2, -0.15) is 0 Å². The number of pyridine rings is 1. The van der Waals surface area contributed by atoms with Gasteiger partial charge in [0.25, 0.3) is 0 Å². The molecule has 0 fully saturated rings. The molecule has 0 spiro atoms. The number of aromatic nitrogens is 1. The van der Waals surface area contributed by atoms with Crippen LogP contribution in [0.4, 0.5) is 4.79 Å². The van der Waals surface area contributed by atoms with Gasteiger partial charge in [0.2, 0.25) is 0 Å². The number of alkyl carbamates (subject to hydrolysis) is 1. The van der Waals surface area contributed by atoms with E-state index in [0.717, 1.165) is 9.13 Å². The Morgan fingerprint density at radius 2 is 2.17 bits per heavy atom. The number of carbonyl (C=O) groups excluding carboxylic acids is 1. The van der Waals surface area contributed by atoms with Gasteiger partial charge in [0.1, 0.15) is 10.8 Å². The summed E-state index contributed by atoms with van der Waals surface area (Å²) in [7, 11) is 0. The summed E-state index contributed by atoms with van der Waals surface area (Å²) in [5.74, 6) is 0. The molecule has 0 saturated heterocycles. The van der Waals surface area contributed by atoms with E-state index in [9.17, 15) is 4.79 Å². The highest BCUT2D eigenvalue weighted by molar-refractivity contribution is 14.1. The van der Waals surface area contributed by atoms with Gasteiger partial charge in [0.15, 0.2) is 0 Å². The summed E-state index contributed by atoms with van der Waals surface area (Å²) < 4.78 is 6.15. The highest BCUT2D eigenvalue weighted by Crippen LogP contribution is 2.21. The first-order chi connectivity index (χ1) is 8.19. The average molecular weight is 383 g/mol. The first kappa shape index (κ1) is 15.5. The lowest BCUT2D eigenvalue weighted by molar-refractivity contribution is 0.0507. The second-order valence-corrected chi connectivity index (χ2v) is 6.45. The van der Waals surface area contributed by atoms with Crippen LogP contribution in [-0.4, -0.2) is 16.7 Å². The third kappa shape index (κ3) is 4.97. The lowest BCUT2D eigenvalue weighted by atomic mass is 10.1. The third-order valence-corrected chi connectivity index (χ3v) is 3.19. The number of nitrogens with one attached hydrogen (secondary N) is 1. The van der Waals surface area contributed by atoms with Gasteiger partial charge < -0.3 is 10.1 Å². The summed E-state index contributed by atoms with van der Waals surface area (Å²) in [6, 6.07) is 1.57.